The fourth-order valence-corrected chi connectivity index (χ4v) is 9.48. The lowest BCUT2D eigenvalue weighted by molar-refractivity contribution is -0.167. The molecule has 0 heterocycles. The third-order valence-electron chi connectivity index (χ3n) is 14.5. The Kier molecular flexibility index (Phi) is 64.3. The molecule has 0 fully saturated rings. The average Bonchev–Trinajstić information content (AvgIpc) is 3.46. The number of ether oxygens (including phenoxy) is 3. The molecule has 0 saturated heterocycles. The van der Waals surface area contributed by atoms with Gasteiger partial charge < -0.3 is 14.2 Å². The van der Waals surface area contributed by atoms with Crippen LogP contribution < -0.4 is 0 Å². The summed E-state index contributed by atoms with van der Waals surface area (Å²) in [5.74, 6) is -0.911. The van der Waals surface area contributed by atoms with E-state index >= 15 is 0 Å². The van der Waals surface area contributed by atoms with Crippen molar-refractivity contribution in [1.82, 2.24) is 0 Å². The Morgan fingerprint density at radius 3 is 0.775 bits per heavy atom. The van der Waals surface area contributed by atoms with Crippen LogP contribution in [0.1, 0.15) is 323 Å². The number of carbonyl (C=O) groups is 3. The van der Waals surface area contributed by atoms with E-state index in [2.05, 4.69) is 130 Å². The fourth-order valence-electron chi connectivity index (χ4n) is 9.48. The smallest absolute Gasteiger partial charge is 0.306 e. The van der Waals surface area contributed by atoms with Crippen molar-refractivity contribution in [1.29, 1.82) is 0 Å². The third kappa shape index (κ3) is 64.9. The minimum atomic E-state index is -0.794. The number of unbranched alkanes of at least 4 members (excludes halogenated alkanes) is 32. The van der Waals surface area contributed by atoms with E-state index in [9.17, 15) is 14.4 Å². The van der Waals surface area contributed by atoms with Crippen molar-refractivity contribution in [3.63, 3.8) is 0 Å². The Morgan fingerprint density at radius 1 is 0.263 bits per heavy atom. The molecule has 458 valence electrons. The van der Waals surface area contributed by atoms with E-state index in [4.69, 9.17) is 14.2 Å². The largest absolute Gasteiger partial charge is 0.462 e. The molecule has 0 aromatic heterocycles. The van der Waals surface area contributed by atoms with Gasteiger partial charge in [0.25, 0.3) is 0 Å². The zero-order chi connectivity index (χ0) is 57.8. The first kappa shape index (κ1) is 76.1. The van der Waals surface area contributed by atoms with Crippen molar-refractivity contribution < 1.29 is 28.6 Å². The van der Waals surface area contributed by atoms with E-state index in [1.807, 2.05) is 0 Å². The zero-order valence-corrected chi connectivity index (χ0v) is 52.6. The normalized spacial score (nSPS) is 12.8. The summed E-state index contributed by atoms with van der Waals surface area (Å²) in [5, 5.41) is 0. The maximum atomic E-state index is 12.9. The number of hydrogen-bond donors (Lipinski definition) is 0. The standard InChI is InChI=1S/C74H126O6/c1-4-7-10-13-16-19-22-25-27-29-30-31-32-33-34-35-36-37-38-39-40-41-42-43-44-46-47-49-52-55-58-61-64-67-73(76)79-70-71(69-78-72(75)66-63-60-57-54-51-24-21-18-15-12-9-6-3)80-74(77)68-65-62-59-56-53-50-48-45-28-26-23-20-17-14-11-8-5-2/h7-8,10-11,16-21,25-28,30-31,48,50,71H,4-6,9,12-15,22-24,29,32-47,49,51-70H2,1-3H3/b10-7-,11-8-,19-16-,20-17-,21-18-,27-25-,28-26-,31-30-,50-48-. The van der Waals surface area contributed by atoms with Gasteiger partial charge in [0.1, 0.15) is 13.2 Å². The molecule has 0 aromatic carbocycles. The second kappa shape index (κ2) is 67.6. The molecule has 0 radical (unpaired) electrons. The summed E-state index contributed by atoms with van der Waals surface area (Å²) in [7, 11) is 0. The van der Waals surface area contributed by atoms with E-state index < -0.39 is 6.10 Å². The van der Waals surface area contributed by atoms with Crippen molar-refractivity contribution in [3.8, 4) is 0 Å². The van der Waals surface area contributed by atoms with Gasteiger partial charge in [0, 0.05) is 19.3 Å². The van der Waals surface area contributed by atoms with Crippen LogP contribution in [-0.4, -0.2) is 37.2 Å². The first-order valence-corrected chi connectivity index (χ1v) is 33.9. The Labute approximate surface area is 495 Å². The Hall–Kier alpha value is -3.93. The molecule has 0 aliphatic rings. The summed E-state index contributed by atoms with van der Waals surface area (Å²) >= 11 is 0. The molecule has 1 atom stereocenters. The van der Waals surface area contributed by atoms with Crippen LogP contribution in [0.5, 0.6) is 0 Å². The van der Waals surface area contributed by atoms with E-state index in [0.717, 1.165) is 128 Å². The number of allylic oxidation sites excluding steroid dienone is 18. The van der Waals surface area contributed by atoms with Gasteiger partial charge in [0.2, 0.25) is 0 Å². The molecule has 0 saturated carbocycles. The van der Waals surface area contributed by atoms with Crippen LogP contribution in [0.4, 0.5) is 0 Å². The van der Waals surface area contributed by atoms with E-state index in [1.165, 1.54) is 154 Å². The third-order valence-corrected chi connectivity index (χ3v) is 14.5. The van der Waals surface area contributed by atoms with E-state index in [1.54, 1.807) is 0 Å². The lowest BCUT2D eigenvalue weighted by Gasteiger charge is -2.18. The van der Waals surface area contributed by atoms with Crippen LogP contribution in [0.25, 0.3) is 0 Å². The molecular formula is C74H126O6. The second-order valence-corrected chi connectivity index (χ2v) is 22.3. The highest BCUT2D eigenvalue weighted by Gasteiger charge is 2.19. The van der Waals surface area contributed by atoms with Gasteiger partial charge >= 0.3 is 17.9 Å². The van der Waals surface area contributed by atoms with Crippen molar-refractivity contribution in [2.75, 3.05) is 13.2 Å². The summed E-state index contributed by atoms with van der Waals surface area (Å²) < 4.78 is 16.9. The van der Waals surface area contributed by atoms with E-state index in [0.29, 0.717) is 19.3 Å². The molecule has 1 unspecified atom stereocenters. The number of esters is 3. The van der Waals surface area contributed by atoms with Crippen LogP contribution in [0.2, 0.25) is 0 Å². The summed E-state index contributed by atoms with van der Waals surface area (Å²) in [6.07, 6.45) is 92.7. The molecule has 0 aliphatic heterocycles. The molecule has 0 bridgehead atoms. The molecule has 6 nitrogen and oxygen atoms in total. The molecule has 0 spiro atoms. The van der Waals surface area contributed by atoms with Gasteiger partial charge in [0.15, 0.2) is 6.10 Å². The van der Waals surface area contributed by atoms with Gasteiger partial charge in [-0.2, -0.15) is 0 Å². The summed E-state index contributed by atoms with van der Waals surface area (Å²) in [4.78, 5) is 38.3. The molecule has 80 heavy (non-hydrogen) atoms. The molecule has 0 N–H and O–H groups in total. The monoisotopic (exact) mass is 1110 g/mol. The second-order valence-electron chi connectivity index (χ2n) is 22.3. The Bertz CT molecular complexity index is 1610. The lowest BCUT2D eigenvalue weighted by Crippen LogP contribution is -2.30. The Balaban J connectivity index is 4.16. The summed E-state index contributed by atoms with van der Waals surface area (Å²) in [6, 6.07) is 0. The fraction of sp³-hybridized carbons (Fsp3) is 0.716. The highest BCUT2D eigenvalue weighted by molar-refractivity contribution is 5.71. The maximum absolute atomic E-state index is 12.9. The highest BCUT2D eigenvalue weighted by Crippen LogP contribution is 2.17. The molecular weight excluding hydrogens is 985 g/mol. The lowest BCUT2D eigenvalue weighted by atomic mass is 10.0. The van der Waals surface area contributed by atoms with Gasteiger partial charge in [-0.1, -0.05) is 291 Å². The first-order chi connectivity index (χ1) is 39.5. The SMILES string of the molecule is CC/C=C\C/C=C\C/C=C\C/C=C\CCCCCCCCCCCCCCCCCCCCCCC(=O)OCC(COC(=O)CCCCCCC/C=C\CCCCC)OC(=O)CCCCCC/C=C\C/C=C\C/C=C\C/C=C\CC. The Morgan fingerprint density at radius 2 is 0.487 bits per heavy atom. The number of rotatable bonds is 61. The van der Waals surface area contributed by atoms with Crippen molar-refractivity contribution in [2.45, 2.75) is 329 Å². The average molecular weight is 1110 g/mol. The maximum Gasteiger partial charge on any atom is 0.306 e. The quantitative estimate of drug-likeness (QED) is 0.0261. The van der Waals surface area contributed by atoms with E-state index in [-0.39, 0.29) is 31.1 Å². The molecule has 0 aliphatic carbocycles. The predicted molar refractivity (Wildman–Crippen MR) is 348 cm³/mol. The first-order valence-electron chi connectivity index (χ1n) is 33.9. The minimum absolute atomic E-state index is 0.0882. The topological polar surface area (TPSA) is 78.9 Å². The molecule has 6 heteroatoms. The number of hydrogen-bond acceptors (Lipinski definition) is 6. The van der Waals surface area contributed by atoms with Gasteiger partial charge in [-0.15, -0.1) is 0 Å². The van der Waals surface area contributed by atoms with Gasteiger partial charge in [-0.05, 0) is 122 Å². The van der Waals surface area contributed by atoms with Gasteiger partial charge in [0.05, 0.1) is 0 Å². The number of carbonyl (C=O) groups excluding carboxylic acids is 3. The van der Waals surface area contributed by atoms with Gasteiger partial charge in [-0.3, -0.25) is 14.4 Å². The van der Waals surface area contributed by atoms with Crippen molar-refractivity contribution in [2.24, 2.45) is 0 Å². The molecule has 0 aromatic rings. The molecule has 0 rings (SSSR count). The summed E-state index contributed by atoms with van der Waals surface area (Å²) in [6.45, 7) is 6.39. The molecule has 0 amide bonds. The van der Waals surface area contributed by atoms with Crippen LogP contribution in [0.15, 0.2) is 109 Å². The predicted octanol–water partition coefficient (Wildman–Crippen LogP) is 23.4. The van der Waals surface area contributed by atoms with Crippen molar-refractivity contribution in [3.05, 3.63) is 109 Å². The van der Waals surface area contributed by atoms with Crippen molar-refractivity contribution >= 4 is 17.9 Å². The van der Waals surface area contributed by atoms with Crippen LogP contribution >= 0.6 is 0 Å². The van der Waals surface area contributed by atoms with Crippen LogP contribution in [0, 0.1) is 0 Å². The van der Waals surface area contributed by atoms with Gasteiger partial charge in [-0.25, -0.2) is 0 Å². The van der Waals surface area contributed by atoms with Crippen LogP contribution in [-0.2, 0) is 28.6 Å². The zero-order valence-electron chi connectivity index (χ0n) is 52.6. The van der Waals surface area contributed by atoms with Crippen LogP contribution in [0.3, 0.4) is 0 Å². The highest BCUT2D eigenvalue weighted by atomic mass is 16.6. The minimum Gasteiger partial charge on any atom is -0.462 e. The summed E-state index contributed by atoms with van der Waals surface area (Å²) in [5.41, 5.74) is 0.